The predicted octanol–water partition coefficient (Wildman–Crippen LogP) is 4.93. The van der Waals surface area contributed by atoms with E-state index in [2.05, 4.69) is 16.0 Å². The molecular formula is C26H21ClN4O4S. The summed E-state index contributed by atoms with van der Waals surface area (Å²) in [5.41, 5.74) is 2.20. The summed E-state index contributed by atoms with van der Waals surface area (Å²) in [7, 11) is 0. The molecule has 1 aromatic carbocycles. The van der Waals surface area contributed by atoms with Crippen LogP contribution in [0, 0.1) is 18.3 Å². The average Bonchev–Trinajstić information content (AvgIpc) is 3.59. The summed E-state index contributed by atoms with van der Waals surface area (Å²) >= 11 is 7.56. The average molecular weight is 521 g/mol. The fourth-order valence-corrected chi connectivity index (χ4v) is 5.30. The van der Waals surface area contributed by atoms with Crippen molar-refractivity contribution in [3.8, 4) is 11.8 Å². The second-order valence-electron chi connectivity index (χ2n) is 8.66. The first kappa shape index (κ1) is 24.0. The van der Waals surface area contributed by atoms with Gasteiger partial charge in [-0.25, -0.2) is 9.78 Å². The van der Waals surface area contributed by atoms with Crippen LogP contribution in [0.15, 0.2) is 40.6 Å². The van der Waals surface area contributed by atoms with E-state index in [9.17, 15) is 20.0 Å². The highest BCUT2D eigenvalue weighted by Gasteiger charge is 2.30. The van der Waals surface area contributed by atoms with Crippen molar-refractivity contribution in [1.82, 2.24) is 14.5 Å². The fraction of sp³-hybridized carbons (Fsp3) is 0.269. The molecule has 10 heteroatoms. The van der Waals surface area contributed by atoms with Crippen LogP contribution in [-0.2, 0) is 13.0 Å². The minimum Gasteiger partial charge on any atom is -0.491 e. The van der Waals surface area contributed by atoms with Crippen molar-refractivity contribution in [2.75, 3.05) is 6.61 Å². The zero-order valence-electron chi connectivity index (χ0n) is 19.3. The van der Waals surface area contributed by atoms with E-state index in [0.29, 0.717) is 45.2 Å². The number of halogens is 1. The molecule has 1 saturated carbocycles. The van der Waals surface area contributed by atoms with Gasteiger partial charge in [0, 0.05) is 33.2 Å². The fourth-order valence-electron chi connectivity index (χ4n) is 4.22. The predicted molar refractivity (Wildman–Crippen MR) is 136 cm³/mol. The van der Waals surface area contributed by atoms with E-state index < -0.39 is 5.97 Å². The maximum absolute atomic E-state index is 13.4. The zero-order valence-corrected chi connectivity index (χ0v) is 20.9. The highest BCUT2D eigenvalue weighted by Crippen LogP contribution is 2.41. The molecule has 0 amide bonds. The van der Waals surface area contributed by atoms with Crippen molar-refractivity contribution < 1.29 is 14.6 Å². The first-order chi connectivity index (χ1) is 17.4. The summed E-state index contributed by atoms with van der Waals surface area (Å²) < 4.78 is 7.56. The van der Waals surface area contributed by atoms with Gasteiger partial charge in [-0.2, -0.15) is 5.26 Å². The number of thiophene rings is 1. The number of pyridine rings is 1. The van der Waals surface area contributed by atoms with Gasteiger partial charge in [0.15, 0.2) is 0 Å². The highest BCUT2D eigenvalue weighted by molar-refractivity contribution is 7.10. The molecule has 5 rings (SSSR count). The Hall–Kier alpha value is -3.74. The first-order valence-electron chi connectivity index (χ1n) is 11.4. The van der Waals surface area contributed by atoms with Gasteiger partial charge < -0.3 is 9.84 Å². The van der Waals surface area contributed by atoms with Gasteiger partial charge in [-0.1, -0.05) is 11.6 Å². The third-order valence-corrected chi connectivity index (χ3v) is 7.33. The molecule has 4 aromatic rings. The molecule has 0 bridgehead atoms. The van der Waals surface area contributed by atoms with E-state index in [4.69, 9.17) is 16.3 Å². The van der Waals surface area contributed by atoms with Crippen molar-refractivity contribution in [3.05, 3.63) is 84.3 Å². The Balaban J connectivity index is 1.39. The number of hydrogen-bond donors (Lipinski definition) is 1. The quantitative estimate of drug-likeness (QED) is 0.350. The number of nitriles is 1. The van der Waals surface area contributed by atoms with Crippen LogP contribution in [-0.4, -0.2) is 32.2 Å². The lowest BCUT2D eigenvalue weighted by Gasteiger charge is -2.15. The lowest BCUT2D eigenvalue weighted by Crippen LogP contribution is -2.27. The Bertz CT molecular complexity index is 1600. The minimum absolute atomic E-state index is 0.190. The smallest absolute Gasteiger partial charge is 0.336 e. The van der Waals surface area contributed by atoms with Crippen LogP contribution in [0.5, 0.6) is 5.75 Å². The van der Waals surface area contributed by atoms with E-state index >= 15 is 0 Å². The van der Waals surface area contributed by atoms with E-state index in [0.717, 1.165) is 23.3 Å². The normalized spacial score (nSPS) is 13.0. The van der Waals surface area contributed by atoms with Crippen LogP contribution in [0.4, 0.5) is 0 Å². The lowest BCUT2D eigenvalue weighted by atomic mass is 10.1. The molecular weight excluding hydrogens is 500 g/mol. The number of aromatic carboxylic acids is 1. The van der Waals surface area contributed by atoms with Crippen LogP contribution in [0.1, 0.15) is 56.6 Å². The highest BCUT2D eigenvalue weighted by atomic mass is 35.5. The Morgan fingerprint density at radius 2 is 2.17 bits per heavy atom. The molecule has 0 spiro atoms. The van der Waals surface area contributed by atoms with E-state index in [1.807, 2.05) is 0 Å². The molecule has 0 radical (unpaired) electrons. The molecule has 8 nitrogen and oxygen atoms in total. The maximum atomic E-state index is 13.4. The van der Waals surface area contributed by atoms with Crippen molar-refractivity contribution >= 4 is 39.8 Å². The minimum atomic E-state index is -0.968. The van der Waals surface area contributed by atoms with E-state index in [1.54, 1.807) is 42.8 Å². The van der Waals surface area contributed by atoms with Gasteiger partial charge in [0.25, 0.3) is 5.56 Å². The van der Waals surface area contributed by atoms with Crippen molar-refractivity contribution in [3.63, 3.8) is 0 Å². The molecule has 1 N–H and O–H groups in total. The number of aryl methyl sites for hydroxylation is 1. The zero-order chi connectivity index (χ0) is 25.4. The molecule has 3 aromatic heterocycles. The molecule has 182 valence electrons. The summed E-state index contributed by atoms with van der Waals surface area (Å²) in [6, 6.07) is 9.09. The number of ether oxygens (including phenoxy) is 1. The summed E-state index contributed by atoms with van der Waals surface area (Å²) in [6.45, 7) is 2.17. The Morgan fingerprint density at radius 1 is 1.36 bits per heavy atom. The molecule has 0 saturated heterocycles. The second-order valence-corrected chi connectivity index (χ2v) is 10.1. The van der Waals surface area contributed by atoms with Crippen LogP contribution in [0.25, 0.3) is 10.9 Å². The van der Waals surface area contributed by atoms with Gasteiger partial charge in [0.05, 0.1) is 40.5 Å². The summed E-state index contributed by atoms with van der Waals surface area (Å²) in [5.74, 6) is 0.378. The number of hydrogen-bond acceptors (Lipinski definition) is 7. The molecule has 0 atom stereocenters. The van der Waals surface area contributed by atoms with Crippen LogP contribution in [0.2, 0.25) is 5.02 Å². The standard InChI is InChI=1S/C26H21ClN4O4S/c1-14-30-21-12-29-24(15-2-3-15)20(11-28)23(21)25(32)31(14)6-7-35-22-5-4-18(27)8-16(22)9-19-10-17(13-36-19)26(33)34/h4-5,8,10,12-13,15H,2-3,6-7,9H2,1H3,(H,33,34). The van der Waals surface area contributed by atoms with Gasteiger partial charge in [0.2, 0.25) is 0 Å². The largest absolute Gasteiger partial charge is 0.491 e. The molecule has 36 heavy (non-hydrogen) atoms. The third kappa shape index (κ3) is 4.70. The van der Waals surface area contributed by atoms with E-state index in [-0.39, 0.29) is 30.2 Å². The van der Waals surface area contributed by atoms with Crippen molar-refractivity contribution in [2.45, 2.75) is 38.6 Å². The number of aromatic nitrogens is 3. The first-order valence-corrected chi connectivity index (χ1v) is 12.6. The van der Waals surface area contributed by atoms with Crippen LogP contribution < -0.4 is 10.3 Å². The van der Waals surface area contributed by atoms with Gasteiger partial charge in [-0.05, 0) is 44.0 Å². The Kier molecular flexibility index (Phi) is 6.48. The molecule has 1 fully saturated rings. The number of rotatable bonds is 8. The van der Waals surface area contributed by atoms with Gasteiger partial charge in [-0.15, -0.1) is 11.3 Å². The van der Waals surface area contributed by atoms with Crippen LogP contribution >= 0.6 is 22.9 Å². The summed E-state index contributed by atoms with van der Waals surface area (Å²) in [5, 5.41) is 21.4. The number of benzene rings is 1. The van der Waals surface area contributed by atoms with Gasteiger partial charge >= 0.3 is 5.97 Å². The Labute approximate surface area is 215 Å². The van der Waals surface area contributed by atoms with E-state index in [1.165, 1.54) is 15.9 Å². The summed E-state index contributed by atoms with van der Waals surface area (Å²) in [4.78, 5) is 34.4. The number of fused-ring (bicyclic) bond motifs is 1. The topological polar surface area (TPSA) is 118 Å². The number of carboxylic acids is 1. The molecule has 1 aliphatic carbocycles. The monoisotopic (exact) mass is 520 g/mol. The SMILES string of the molecule is Cc1nc2cnc(C3CC3)c(C#N)c2c(=O)n1CCOc1ccc(Cl)cc1Cc1cc(C(=O)O)cs1. The molecule has 0 aliphatic heterocycles. The van der Waals surface area contributed by atoms with Crippen molar-refractivity contribution in [2.24, 2.45) is 0 Å². The van der Waals surface area contributed by atoms with Gasteiger partial charge in [-0.3, -0.25) is 14.3 Å². The third-order valence-electron chi connectivity index (χ3n) is 6.16. The molecule has 0 unspecified atom stereocenters. The number of carbonyl (C=O) groups is 1. The Morgan fingerprint density at radius 3 is 2.86 bits per heavy atom. The van der Waals surface area contributed by atoms with Gasteiger partial charge in [0.1, 0.15) is 24.3 Å². The maximum Gasteiger partial charge on any atom is 0.336 e. The number of nitrogens with zero attached hydrogens (tertiary/aromatic N) is 4. The second kappa shape index (κ2) is 9.72. The molecule has 3 heterocycles. The molecule has 1 aliphatic rings. The lowest BCUT2D eigenvalue weighted by molar-refractivity contribution is 0.0697. The van der Waals surface area contributed by atoms with Crippen molar-refractivity contribution in [1.29, 1.82) is 5.26 Å². The van der Waals surface area contributed by atoms with Crippen LogP contribution in [0.3, 0.4) is 0 Å². The summed E-state index contributed by atoms with van der Waals surface area (Å²) in [6.07, 6.45) is 3.99. The number of carboxylic acid groups (broad SMARTS) is 1.